The highest BCUT2D eigenvalue weighted by atomic mass is 28.4. The van der Waals surface area contributed by atoms with Crippen LogP contribution in [0.3, 0.4) is 0 Å². The maximum Gasteiger partial charge on any atom is 0.417 e. The second kappa shape index (κ2) is 15.2. The Kier molecular flexibility index (Phi) is 10.9. The zero-order valence-electron chi connectivity index (χ0n) is 30.2. The lowest BCUT2D eigenvalue weighted by molar-refractivity contribution is -0.174. The van der Waals surface area contributed by atoms with Gasteiger partial charge in [0.1, 0.15) is 30.0 Å². The van der Waals surface area contributed by atoms with Gasteiger partial charge in [0.05, 0.1) is 25.2 Å². The third kappa shape index (κ3) is 8.06. The van der Waals surface area contributed by atoms with E-state index >= 15 is 4.79 Å². The predicted octanol–water partition coefficient (Wildman–Crippen LogP) is 9.52. The summed E-state index contributed by atoms with van der Waals surface area (Å²) in [5, 5.41) is 3.48. The van der Waals surface area contributed by atoms with Gasteiger partial charge in [-0.25, -0.2) is 18.5 Å². The molecule has 3 atom stereocenters. The van der Waals surface area contributed by atoms with E-state index in [1.54, 1.807) is 24.3 Å². The van der Waals surface area contributed by atoms with Gasteiger partial charge in [-0.05, 0) is 84.2 Å². The van der Waals surface area contributed by atoms with E-state index < -0.39 is 55.7 Å². The van der Waals surface area contributed by atoms with Gasteiger partial charge in [-0.15, -0.1) is 0 Å². The number of ether oxygens (including phenoxy) is 3. The summed E-state index contributed by atoms with van der Waals surface area (Å²) in [6.07, 6.45) is -0.339. The molecule has 2 fully saturated rings. The summed E-state index contributed by atoms with van der Waals surface area (Å²) in [4.78, 5) is 29.6. The van der Waals surface area contributed by atoms with Crippen molar-refractivity contribution in [3.8, 4) is 5.75 Å². The number of nitrogens with one attached hydrogen (secondary N) is 1. The van der Waals surface area contributed by atoms with Crippen molar-refractivity contribution >= 4 is 26.0 Å². The average molecular weight is 729 g/mol. The van der Waals surface area contributed by atoms with Crippen molar-refractivity contribution in [2.45, 2.75) is 69.6 Å². The largest absolute Gasteiger partial charge is 0.544 e. The smallest absolute Gasteiger partial charge is 0.417 e. The van der Waals surface area contributed by atoms with Crippen molar-refractivity contribution in [1.29, 1.82) is 0 Å². The summed E-state index contributed by atoms with van der Waals surface area (Å²) in [5.74, 6) is -2.66. The molecule has 4 aromatic carbocycles. The van der Waals surface area contributed by atoms with Crippen LogP contribution in [0.4, 0.5) is 19.3 Å². The molecule has 8 nitrogen and oxygen atoms in total. The SMILES string of the molecule is CC(C)(C)[Si](C)(C)Oc1ccc([C@@H](Nc2ccc(F)cc2)[C@@H](CCC2(c3ccc(F)cc3)OCCO2)C(=O)N2C(=O)OC[C@@H]2c2ccccc2)cc1. The van der Waals surface area contributed by atoms with Crippen molar-refractivity contribution in [2.75, 3.05) is 25.1 Å². The molecule has 0 bridgehead atoms. The molecule has 0 unspecified atom stereocenters. The van der Waals surface area contributed by atoms with Gasteiger partial charge in [0.15, 0.2) is 5.79 Å². The fourth-order valence-corrected chi connectivity index (χ4v) is 7.52. The van der Waals surface area contributed by atoms with Gasteiger partial charge in [0.2, 0.25) is 14.2 Å². The van der Waals surface area contributed by atoms with Crippen LogP contribution in [0.2, 0.25) is 18.1 Å². The van der Waals surface area contributed by atoms with E-state index in [4.69, 9.17) is 18.6 Å². The number of cyclic esters (lactones) is 1. The summed E-state index contributed by atoms with van der Waals surface area (Å²) < 4.78 is 52.5. The van der Waals surface area contributed by atoms with Crippen molar-refractivity contribution in [1.82, 2.24) is 4.90 Å². The normalized spacial score (nSPS) is 18.5. The second-order valence-corrected chi connectivity index (χ2v) is 19.6. The molecule has 2 aliphatic rings. The standard InChI is InChI=1S/C41H46F2N2O6Si/c1-40(2,3)52(4,5)51-34-21-11-29(12-22-34)37(44-33-19-17-32(43)18-20-33)35(23-24-41(49-25-26-50-41)30-13-15-31(42)16-14-30)38(46)45-36(27-48-39(45)47)28-9-7-6-8-10-28/h6-22,35-37,44H,23-27H2,1-5H3/t35-,36-,37-/m1/s1. The number of carbonyl (C=O) groups is 2. The molecule has 2 amide bonds. The van der Waals surface area contributed by atoms with Crippen molar-refractivity contribution in [3.05, 3.63) is 131 Å². The van der Waals surface area contributed by atoms with E-state index in [0.29, 0.717) is 30.2 Å². The topological polar surface area (TPSA) is 86.3 Å². The molecule has 2 aliphatic heterocycles. The van der Waals surface area contributed by atoms with Crippen molar-refractivity contribution < 1.29 is 37.0 Å². The van der Waals surface area contributed by atoms with Gasteiger partial charge < -0.3 is 24.0 Å². The number of benzene rings is 4. The third-order valence-corrected chi connectivity index (χ3v) is 14.8. The van der Waals surface area contributed by atoms with Gasteiger partial charge >= 0.3 is 6.09 Å². The summed E-state index contributed by atoms with van der Waals surface area (Å²) in [5.41, 5.74) is 2.71. The van der Waals surface area contributed by atoms with Crippen LogP contribution in [0.5, 0.6) is 5.75 Å². The van der Waals surface area contributed by atoms with Gasteiger partial charge in [0, 0.05) is 17.7 Å². The molecule has 0 saturated carbocycles. The Labute approximate surface area is 305 Å². The highest BCUT2D eigenvalue weighted by Gasteiger charge is 2.47. The Hall–Kier alpha value is -4.58. The molecule has 0 radical (unpaired) electrons. The average Bonchev–Trinajstić information content (AvgIpc) is 3.76. The summed E-state index contributed by atoms with van der Waals surface area (Å²) in [6.45, 7) is 11.5. The Morgan fingerprint density at radius 2 is 1.50 bits per heavy atom. The van der Waals surface area contributed by atoms with E-state index in [1.807, 2.05) is 54.6 Å². The van der Waals surface area contributed by atoms with Crippen LogP contribution in [0, 0.1) is 17.6 Å². The zero-order chi connectivity index (χ0) is 37.1. The Morgan fingerprint density at radius 3 is 2.10 bits per heavy atom. The zero-order valence-corrected chi connectivity index (χ0v) is 31.2. The molecule has 274 valence electrons. The number of hydrogen-bond donors (Lipinski definition) is 1. The summed E-state index contributed by atoms with van der Waals surface area (Å²) in [6, 6.07) is 27.4. The Bertz CT molecular complexity index is 1830. The number of halogens is 2. The van der Waals surface area contributed by atoms with Gasteiger partial charge in [-0.2, -0.15) is 0 Å². The molecule has 0 aromatic heterocycles. The summed E-state index contributed by atoms with van der Waals surface area (Å²) in [7, 11) is -2.15. The fourth-order valence-electron chi connectivity index (χ4n) is 6.49. The second-order valence-electron chi connectivity index (χ2n) is 14.9. The molecule has 4 aromatic rings. The minimum absolute atomic E-state index is 0.0135. The van der Waals surface area contributed by atoms with Crippen molar-refractivity contribution in [2.24, 2.45) is 5.92 Å². The van der Waals surface area contributed by atoms with Crippen LogP contribution in [0.25, 0.3) is 0 Å². The molecule has 11 heteroatoms. The van der Waals surface area contributed by atoms with Crippen LogP contribution in [0.1, 0.15) is 62.4 Å². The fraction of sp³-hybridized carbons (Fsp3) is 0.366. The quantitative estimate of drug-likeness (QED) is 0.146. The van der Waals surface area contributed by atoms with Gasteiger partial charge in [0.25, 0.3) is 0 Å². The Morgan fingerprint density at radius 1 is 0.904 bits per heavy atom. The third-order valence-electron chi connectivity index (χ3n) is 10.4. The molecule has 0 spiro atoms. The van der Waals surface area contributed by atoms with Crippen LogP contribution < -0.4 is 9.74 Å². The number of nitrogens with zero attached hydrogens (tertiary/aromatic N) is 1. The molecule has 52 heavy (non-hydrogen) atoms. The first-order chi connectivity index (χ1) is 24.8. The van der Waals surface area contributed by atoms with Crippen LogP contribution in [-0.4, -0.2) is 45.0 Å². The van der Waals surface area contributed by atoms with E-state index in [-0.39, 0.29) is 24.5 Å². The predicted molar refractivity (Wildman–Crippen MR) is 197 cm³/mol. The molecular formula is C41H46F2N2O6Si. The number of rotatable bonds is 12. The molecule has 0 aliphatic carbocycles. The number of carbonyl (C=O) groups excluding carboxylic acids is 2. The molecule has 6 rings (SSSR count). The lowest BCUT2D eigenvalue weighted by Crippen LogP contribution is -2.44. The lowest BCUT2D eigenvalue weighted by atomic mass is 9.84. The monoisotopic (exact) mass is 728 g/mol. The van der Waals surface area contributed by atoms with E-state index in [9.17, 15) is 13.6 Å². The lowest BCUT2D eigenvalue weighted by Gasteiger charge is -2.37. The number of imide groups is 1. The van der Waals surface area contributed by atoms with Crippen molar-refractivity contribution in [3.63, 3.8) is 0 Å². The highest BCUT2D eigenvalue weighted by molar-refractivity contribution is 6.74. The van der Waals surface area contributed by atoms with Gasteiger partial charge in [-0.3, -0.25) is 4.79 Å². The minimum Gasteiger partial charge on any atom is -0.544 e. The number of anilines is 1. The summed E-state index contributed by atoms with van der Waals surface area (Å²) >= 11 is 0. The van der Waals surface area contributed by atoms with E-state index in [0.717, 1.165) is 11.1 Å². The molecule has 2 heterocycles. The van der Waals surface area contributed by atoms with E-state index in [1.165, 1.54) is 29.2 Å². The molecular weight excluding hydrogens is 683 g/mol. The molecule has 2 saturated heterocycles. The Balaban J connectivity index is 1.42. The number of amides is 2. The first-order valence-electron chi connectivity index (χ1n) is 17.7. The molecule has 1 N–H and O–H groups in total. The van der Waals surface area contributed by atoms with Crippen LogP contribution in [0.15, 0.2) is 103 Å². The first-order valence-corrected chi connectivity index (χ1v) is 20.6. The maximum absolute atomic E-state index is 15.0. The highest BCUT2D eigenvalue weighted by Crippen LogP contribution is 2.43. The minimum atomic E-state index is -2.15. The van der Waals surface area contributed by atoms with Crippen LogP contribution in [-0.2, 0) is 24.8 Å². The van der Waals surface area contributed by atoms with Crippen LogP contribution >= 0.6 is 0 Å². The number of hydrogen-bond acceptors (Lipinski definition) is 7. The van der Waals surface area contributed by atoms with Gasteiger partial charge in [-0.1, -0.05) is 75.4 Å². The van der Waals surface area contributed by atoms with E-state index in [2.05, 4.69) is 39.2 Å². The maximum atomic E-state index is 15.0. The first kappa shape index (κ1) is 37.2.